The second kappa shape index (κ2) is 5.48. The molecule has 0 unspecified atom stereocenters. The lowest BCUT2D eigenvalue weighted by Gasteiger charge is -2.03. The van der Waals surface area contributed by atoms with E-state index in [0.717, 1.165) is 18.1 Å². The molecule has 0 bridgehead atoms. The van der Waals surface area contributed by atoms with Gasteiger partial charge in [0.05, 0.1) is 0 Å². The van der Waals surface area contributed by atoms with Gasteiger partial charge in [-0.2, -0.15) is 0 Å². The van der Waals surface area contributed by atoms with Crippen LogP contribution in [0.2, 0.25) is 5.02 Å². The Labute approximate surface area is 105 Å². The monoisotopic (exact) mass is 251 g/mol. The van der Waals surface area contributed by atoms with Crippen molar-refractivity contribution in [2.45, 2.75) is 20.0 Å². The Bertz CT molecular complexity index is 464. The number of benzene rings is 1. The molecule has 0 aliphatic heterocycles. The van der Waals surface area contributed by atoms with Crippen LogP contribution < -0.4 is 5.32 Å². The van der Waals surface area contributed by atoms with Crippen LogP contribution in [0.3, 0.4) is 0 Å². The lowest BCUT2D eigenvalue weighted by atomic mass is 10.2. The first-order chi connectivity index (χ1) is 7.74. The number of halogens is 1. The Morgan fingerprint density at radius 2 is 2.06 bits per heavy atom. The van der Waals surface area contributed by atoms with E-state index >= 15 is 0 Å². The molecule has 1 aromatic heterocycles. The van der Waals surface area contributed by atoms with Crippen molar-refractivity contribution in [2.75, 3.05) is 0 Å². The molecule has 0 aliphatic carbocycles. The van der Waals surface area contributed by atoms with E-state index < -0.39 is 0 Å². The maximum atomic E-state index is 5.92. The van der Waals surface area contributed by atoms with Gasteiger partial charge in [-0.05, 0) is 36.8 Å². The average molecular weight is 252 g/mol. The highest BCUT2D eigenvalue weighted by atomic mass is 35.5. The van der Waals surface area contributed by atoms with Crippen molar-refractivity contribution in [2.24, 2.45) is 0 Å². The third-order valence-electron chi connectivity index (χ3n) is 2.31. The molecule has 1 N–H and O–H groups in total. The highest BCUT2D eigenvalue weighted by Crippen LogP contribution is 2.15. The van der Waals surface area contributed by atoms with E-state index in [-0.39, 0.29) is 0 Å². The minimum absolute atomic E-state index is 0.797. The first-order valence-corrected chi connectivity index (χ1v) is 6.44. The molecule has 3 heteroatoms. The van der Waals surface area contributed by atoms with Gasteiger partial charge in [-0.25, -0.2) is 0 Å². The van der Waals surface area contributed by atoms with Crippen LogP contribution in [-0.2, 0) is 13.1 Å². The lowest BCUT2D eigenvalue weighted by Crippen LogP contribution is -2.11. The number of hydrogen-bond donors (Lipinski definition) is 1. The maximum Gasteiger partial charge on any atom is 0.0409 e. The normalized spacial score (nSPS) is 10.6. The van der Waals surface area contributed by atoms with E-state index in [4.69, 9.17) is 11.6 Å². The van der Waals surface area contributed by atoms with Gasteiger partial charge in [-0.3, -0.25) is 0 Å². The molecule has 0 saturated heterocycles. The van der Waals surface area contributed by atoms with Gasteiger partial charge in [0.1, 0.15) is 0 Å². The van der Waals surface area contributed by atoms with Crippen LogP contribution in [0.4, 0.5) is 0 Å². The van der Waals surface area contributed by atoms with Crippen LogP contribution in [-0.4, -0.2) is 0 Å². The van der Waals surface area contributed by atoms with E-state index in [1.165, 1.54) is 15.3 Å². The summed E-state index contributed by atoms with van der Waals surface area (Å²) in [6, 6.07) is 12.3. The minimum atomic E-state index is 0.797. The molecule has 0 amide bonds. The summed E-state index contributed by atoms with van der Waals surface area (Å²) in [5, 5.41) is 4.21. The molecule has 0 saturated carbocycles. The van der Waals surface area contributed by atoms with Gasteiger partial charge in [-0.15, -0.1) is 11.3 Å². The zero-order valence-electron chi connectivity index (χ0n) is 9.16. The van der Waals surface area contributed by atoms with Gasteiger partial charge < -0.3 is 5.32 Å². The first kappa shape index (κ1) is 11.6. The predicted molar refractivity (Wildman–Crippen MR) is 71.1 cm³/mol. The third kappa shape index (κ3) is 3.34. The predicted octanol–water partition coefficient (Wildman–Crippen LogP) is 4.00. The molecule has 84 valence electrons. The van der Waals surface area contributed by atoms with Crippen LogP contribution in [0.5, 0.6) is 0 Å². The Kier molecular flexibility index (Phi) is 3.99. The Balaban J connectivity index is 1.84. The fourth-order valence-corrected chi connectivity index (χ4v) is 2.63. The molecule has 0 aliphatic rings. The Hall–Kier alpha value is -0.830. The number of rotatable bonds is 4. The summed E-state index contributed by atoms with van der Waals surface area (Å²) in [5.74, 6) is 0. The standard InChI is InChI=1S/C13H14ClNS/c1-10-5-6-13(16-10)9-15-8-11-3-2-4-12(14)7-11/h2-7,15H,8-9H2,1H3. The summed E-state index contributed by atoms with van der Waals surface area (Å²) >= 11 is 7.76. The van der Waals surface area contributed by atoms with Crippen molar-refractivity contribution >= 4 is 22.9 Å². The Morgan fingerprint density at radius 1 is 1.19 bits per heavy atom. The van der Waals surface area contributed by atoms with Gasteiger partial charge in [0, 0.05) is 27.9 Å². The van der Waals surface area contributed by atoms with E-state index in [2.05, 4.69) is 30.4 Å². The highest BCUT2D eigenvalue weighted by molar-refractivity contribution is 7.11. The summed E-state index contributed by atoms with van der Waals surface area (Å²) in [5.41, 5.74) is 1.22. The van der Waals surface area contributed by atoms with Crippen LogP contribution in [0.1, 0.15) is 15.3 Å². The topological polar surface area (TPSA) is 12.0 Å². The van der Waals surface area contributed by atoms with Crippen molar-refractivity contribution < 1.29 is 0 Å². The molecule has 0 spiro atoms. The van der Waals surface area contributed by atoms with Crippen LogP contribution in [0.15, 0.2) is 36.4 Å². The summed E-state index contributed by atoms with van der Waals surface area (Å²) in [4.78, 5) is 2.74. The second-order valence-electron chi connectivity index (χ2n) is 3.75. The quantitative estimate of drug-likeness (QED) is 0.866. The maximum absolute atomic E-state index is 5.92. The molecular weight excluding hydrogens is 238 g/mol. The molecule has 0 fully saturated rings. The third-order valence-corrected chi connectivity index (χ3v) is 3.55. The van der Waals surface area contributed by atoms with E-state index in [1.807, 2.05) is 29.5 Å². The molecular formula is C13H14ClNS. The summed E-state index contributed by atoms with van der Waals surface area (Å²) in [6.07, 6.45) is 0. The van der Waals surface area contributed by atoms with Crippen molar-refractivity contribution in [1.82, 2.24) is 5.32 Å². The van der Waals surface area contributed by atoms with E-state index in [0.29, 0.717) is 0 Å². The van der Waals surface area contributed by atoms with Gasteiger partial charge in [0.25, 0.3) is 0 Å². The zero-order valence-corrected chi connectivity index (χ0v) is 10.7. The number of thiophene rings is 1. The van der Waals surface area contributed by atoms with Crippen molar-refractivity contribution in [3.8, 4) is 0 Å². The molecule has 1 aromatic carbocycles. The van der Waals surface area contributed by atoms with E-state index in [9.17, 15) is 0 Å². The van der Waals surface area contributed by atoms with Gasteiger partial charge >= 0.3 is 0 Å². The minimum Gasteiger partial charge on any atom is -0.308 e. The summed E-state index contributed by atoms with van der Waals surface area (Å²) in [6.45, 7) is 3.91. The zero-order chi connectivity index (χ0) is 11.4. The second-order valence-corrected chi connectivity index (χ2v) is 5.55. The molecule has 16 heavy (non-hydrogen) atoms. The van der Waals surface area contributed by atoms with Crippen molar-refractivity contribution in [3.05, 3.63) is 56.7 Å². The van der Waals surface area contributed by atoms with Crippen molar-refractivity contribution in [1.29, 1.82) is 0 Å². The number of nitrogens with one attached hydrogen (secondary N) is 1. The SMILES string of the molecule is Cc1ccc(CNCc2cccc(Cl)c2)s1. The van der Waals surface area contributed by atoms with Crippen molar-refractivity contribution in [3.63, 3.8) is 0 Å². The van der Waals surface area contributed by atoms with Gasteiger partial charge in [0.2, 0.25) is 0 Å². The van der Waals surface area contributed by atoms with Crippen LogP contribution >= 0.6 is 22.9 Å². The summed E-state index contributed by atoms with van der Waals surface area (Å²) < 4.78 is 0. The van der Waals surface area contributed by atoms with E-state index in [1.54, 1.807) is 0 Å². The fraction of sp³-hybridized carbons (Fsp3) is 0.231. The number of hydrogen-bond acceptors (Lipinski definition) is 2. The summed E-state index contributed by atoms with van der Waals surface area (Å²) in [7, 11) is 0. The molecule has 2 rings (SSSR count). The molecule has 0 atom stereocenters. The average Bonchev–Trinajstić information content (AvgIpc) is 2.64. The molecule has 1 heterocycles. The first-order valence-electron chi connectivity index (χ1n) is 5.24. The Morgan fingerprint density at radius 3 is 2.75 bits per heavy atom. The van der Waals surface area contributed by atoms with Crippen LogP contribution in [0.25, 0.3) is 0 Å². The fourth-order valence-electron chi connectivity index (χ4n) is 1.56. The molecule has 1 nitrogen and oxygen atoms in total. The van der Waals surface area contributed by atoms with Gasteiger partial charge in [-0.1, -0.05) is 23.7 Å². The molecule has 0 radical (unpaired) electrons. The van der Waals surface area contributed by atoms with Crippen LogP contribution in [0, 0.1) is 6.92 Å². The molecule has 2 aromatic rings. The number of aryl methyl sites for hydroxylation is 1. The van der Waals surface area contributed by atoms with Gasteiger partial charge in [0.15, 0.2) is 0 Å². The highest BCUT2D eigenvalue weighted by Gasteiger charge is 1.97. The smallest absolute Gasteiger partial charge is 0.0409 e. The lowest BCUT2D eigenvalue weighted by molar-refractivity contribution is 0.701. The largest absolute Gasteiger partial charge is 0.308 e.